The fourth-order valence-electron chi connectivity index (χ4n) is 3.27. The Bertz CT molecular complexity index is 861. The lowest BCUT2D eigenvalue weighted by molar-refractivity contribution is -0.131. The van der Waals surface area contributed by atoms with Crippen LogP contribution in [0.3, 0.4) is 0 Å². The molecule has 5 nitrogen and oxygen atoms in total. The van der Waals surface area contributed by atoms with Crippen LogP contribution in [0.25, 0.3) is 0 Å². The molecule has 2 aromatic rings. The molecule has 0 aliphatic carbocycles. The number of carbonyl (C=O) groups is 1. The average Bonchev–Trinajstić information content (AvgIpc) is 2.60. The maximum absolute atomic E-state index is 12.9. The summed E-state index contributed by atoms with van der Waals surface area (Å²) in [7, 11) is 0. The molecular formula is C20H24N2O3. The van der Waals surface area contributed by atoms with Gasteiger partial charge in [0.25, 0.3) is 5.91 Å². The minimum Gasteiger partial charge on any atom is -0.507 e. The summed E-state index contributed by atoms with van der Waals surface area (Å²) in [5, 5.41) is 13.1. The second kappa shape index (κ2) is 5.99. The molecule has 0 saturated heterocycles. The van der Waals surface area contributed by atoms with Crippen molar-refractivity contribution in [2.45, 2.75) is 46.1 Å². The highest BCUT2D eigenvalue weighted by molar-refractivity contribution is 5.99. The quantitative estimate of drug-likeness (QED) is 0.729. The number of nitrogens with one attached hydrogen (secondary N) is 1. The molecule has 1 heterocycles. The lowest BCUT2D eigenvalue weighted by atomic mass is 9.86. The lowest BCUT2D eigenvalue weighted by Gasteiger charge is -2.36. The number of anilines is 2. The number of benzene rings is 2. The number of phenols is 1. The van der Waals surface area contributed by atoms with Crippen LogP contribution in [0.5, 0.6) is 11.5 Å². The second-order valence-electron chi connectivity index (χ2n) is 6.91. The van der Waals surface area contributed by atoms with Crippen LogP contribution >= 0.6 is 0 Å². The van der Waals surface area contributed by atoms with Crippen molar-refractivity contribution in [2.24, 2.45) is 0 Å². The Balaban J connectivity index is 1.93. The molecule has 0 bridgehead atoms. The summed E-state index contributed by atoms with van der Waals surface area (Å²) in [5.41, 5.74) is 9.48. The van der Waals surface area contributed by atoms with Crippen LogP contribution in [0, 0.1) is 20.8 Å². The van der Waals surface area contributed by atoms with E-state index in [9.17, 15) is 9.90 Å². The maximum Gasteiger partial charge on any atom is 0.268 e. The van der Waals surface area contributed by atoms with E-state index in [4.69, 9.17) is 10.5 Å². The second-order valence-corrected chi connectivity index (χ2v) is 6.91. The molecule has 0 saturated carbocycles. The Hall–Kier alpha value is -2.69. The number of ether oxygens (including phenoxy) is 1. The van der Waals surface area contributed by atoms with E-state index in [1.165, 1.54) is 0 Å². The molecule has 1 amide bonds. The van der Waals surface area contributed by atoms with Gasteiger partial charge in [0.15, 0.2) is 5.60 Å². The zero-order chi connectivity index (χ0) is 18.4. The monoisotopic (exact) mass is 340 g/mol. The summed E-state index contributed by atoms with van der Waals surface area (Å²) in [4.78, 5) is 12.9. The van der Waals surface area contributed by atoms with Gasteiger partial charge in [0, 0.05) is 12.0 Å². The van der Waals surface area contributed by atoms with E-state index < -0.39 is 5.60 Å². The molecule has 5 heteroatoms. The van der Waals surface area contributed by atoms with E-state index in [0.717, 1.165) is 22.3 Å². The molecule has 1 unspecified atom stereocenters. The largest absolute Gasteiger partial charge is 0.507 e. The predicted octanol–water partition coefficient (Wildman–Crippen LogP) is 3.62. The van der Waals surface area contributed by atoms with Crippen molar-refractivity contribution in [3.05, 3.63) is 46.5 Å². The van der Waals surface area contributed by atoms with Crippen LogP contribution in [0.4, 0.5) is 11.4 Å². The standard InChI is InChI=1S/C20H24N2O3/c1-11-12(2)18-14(13(3)17(11)23)9-10-20(4,25-18)19(24)22-16-8-6-5-7-15(16)21/h5-8,23H,9-10,21H2,1-4H3,(H,22,24). The van der Waals surface area contributed by atoms with Gasteiger partial charge in [0.1, 0.15) is 11.5 Å². The summed E-state index contributed by atoms with van der Waals surface area (Å²) >= 11 is 0. The maximum atomic E-state index is 12.9. The third kappa shape index (κ3) is 2.80. The highest BCUT2D eigenvalue weighted by atomic mass is 16.5. The number of nitrogens with two attached hydrogens (primary N) is 1. The van der Waals surface area contributed by atoms with Crippen molar-refractivity contribution in [1.29, 1.82) is 0 Å². The van der Waals surface area contributed by atoms with E-state index in [-0.39, 0.29) is 5.91 Å². The van der Waals surface area contributed by atoms with E-state index in [1.54, 1.807) is 19.1 Å². The molecule has 1 atom stereocenters. The third-order valence-electron chi connectivity index (χ3n) is 5.21. The minimum atomic E-state index is -0.990. The van der Waals surface area contributed by atoms with Crippen LogP contribution in [0.2, 0.25) is 0 Å². The molecule has 0 radical (unpaired) electrons. The van der Waals surface area contributed by atoms with Crippen molar-refractivity contribution >= 4 is 17.3 Å². The number of rotatable bonds is 2. The zero-order valence-corrected chi connectivity index (χ0v) is 15.1. The Labute approximate surface area is 147 Å². The molecule has 4 N–H and O–H groups in total. The van der Waals surface area contributed by atoms with E-state index in [0.29, 0.717) is 35.7 Å². The zero-order valence-electron chi connectivity index (χ0n) is 15.1. The number of aromatic hydroxyl groups is 1. The van der Waals surface area contributed by atoms with Gasteiger partial charge in [0.05, 0.1) is 11.4 Å². The average molecular weight is 340 g/mol. The smallest absolute Gasteiger partial charge is 0.268 e. The van der Waals surface area contributed by atoms with E-state index in [1.807, 2.05) is 32.9 Å². The van der Waals surface area contributed by atoms with Gasteiger partial charge in [-0.1, -0.05) is 12.1 Å². The topological polar surface area (TPSA) is 84.6 Å². The molecule has 2 aromatic carbocycles. The molecular weight excluding hydrogens is 316 g/mol. The molecule has 25 heavy (non-hydrogen) atoms. The van der Waals surface area contributed by atoms with Crippen molar-refractivity contribution in [2.75, 3.05) is 11.1 Å². The molecule has 0 aromatic heterocycles. The number of phenolic OH excluding ortho intramolecular Hbond substituents is 1. The van der Waals surface area contributed by atoms with Gasteiger partial charge in [-0.3, -0.25) is 4.79 Å². The van der Waals surface area contributed by atoms with E-state index >= 15 is 0 Å². The predicted molar refractivity (Wildman–Crippen MR) is 99.2 cm³/mol. The first-order chi connectivity index (χ1) is 11.7. The summed E-state index contributed by atoms with van der Waals surface area (Å²) in [6, 6.07) is 7.16. The van der Waals surface area contributed by atoms with Gasteiger partial charge in [-0.05, 0) is 62.9 Å². The molecule has 3 rings (SSSR count). The van der Waals surface area contributed by atoms with Gasteiger partial charge in [-0.25, -0.2) is 0 Å². The van der Waals surface area contributed by atoms with Crippen LogP contribution in [-0.2, 0) is 11.2 Å². The molecule has 0 fully saturated rings. The summed E-state index contributed by atoms with van der Waals surface area (Å²) in [6.07, 6.45) is 1.20. The first-order valence-electron chi connectivity index (χ1n) is 8.41. The van der Waals surface area contributed by atoms with Crippen molar-refractivity contribution in [3.63, 3.8) is 0 Å². The first-order valence-corrected chi connectivity index (χ1v) is 8.41. The summed E-state index contributed by atoms with van der Waals surface area (Å²) in [6.45, 7) is 7.45. The number of amides is 1. The van der Waals surface area contributed by atoms with E-state index in [2.05, 4.69) is 5.32 Å². The SMILES string of the molecule is Cc1c(C)c2c(c(C)c1O)CCC(C)(C(=O)Nc1ccccc1N)O2. The molecule has 1 aliphatic heterocycles. The van der Waals surface area contributed by atoms with Gasteiger partial charge in [-0.15, -0.1) is 0 Å². The fraction of sp³-hybridized carbons (Fsp3) is 0.350. The van der Waals surface area contributed by atoms with Crippen LogP contribution in [0.15, 0.2) is 24.3 Å². The highest BCUT2D eigenvalue weighted by Crippen LogP contribution is 2.43. The first kappa shape index (κ1) is 17.1. The molecule has 0 spiro atoms. The number of carbonyl (C=O) groups excluding carboxylic acids is 1. The Morgan fingerprint density at radius 1 is 1.20 bits per heavy atom. The Morgan fingerprint density at radius 2 is 1.88 bits per heavy atom. The van der Waals surface area contributed by atoms with Crippen molar-refractivity contribution < 1.29 is 14.6 Å². The number of nitrogen functional groups attached to an aromatic ring is 1. The van der Waals surface area contributed by atoms with Crippen molar-refractivity contribution in [3.8, 4) is 11.5 Å². The van der Waals surface area contributed by atoms with Gasteiger partial charge >= 0.3 is 0 Å². The minimum absolute atomic E-state index is 0.223. The third-order valence-corrected chi connectivity index (χ3v) is 5.21. The Morgan fingerprint density at radius 3 is 2.56 bits per heavy atom. The highest BCUT2D eigenvalue weighted by Gasteiger charge is 2.41. The van der Waals surface area contributed by atoms with Crippen LogP contribution in [0.1, 0.15) is 35.6 Å². The Kier molecular flexibility index (Phi) is 4.11. The van der Waals surface area contributed by atoms with Crippen LogP contribution in [-0.4, -0.2) is 16.6 Å². The fourth-order valence-corrected chi connectivity index (χ4v) is 3.27. The van der Waals surface area contributed by atoms with Gasteiger partial charge in [-0.2, -0.15) is 0 Å². The molecule has 1 aliphatic rings. The van der Waals surface area contributed by atoms with Gasteiger partial charge < -0.3 is 20.9 Å². The summed E-state index contributed by atoms with van der Waals surface area (Å²) < 4.78 is 6.18. The van der Waals surface area contributed by atoms with Crippen LogP contribution < -0.4 is 15.8 Å². The number of fused-ring (bicyclic) bond motifs is 1. The van der Waals surface area contributed by atoms with Gasteiger partial charge in [0.2, 0.25) is 0 Å². The van der Waals surface area contributed by atoms with Crippen molar-refractivity contribution in [1.82, 2.24) is 0 Å². The number of hydrogen-bond acceptors (Lipinski definition) is 4. The normalized spacial score (nSPS) is 19.0. The molecule has 132 valence electrons. The number of para-hydroxylation sites is 2. The number of hydrogen-bond donors (Lipinski definition) is 3. The summed E-state index contributed by atoms with van der Waals surface area (Å²) in [5.74, 6) is 0.793. The lowest BCUT2D eigenvalue weighted by Crippen LogP contribution is -2.48.